The van der Waals surface area contributed by atoms with Crippen molar-refractivity contribution in [3.63, 3.8) is 0 Å². The topological polar surface area (TPSA) is 39.1 Å². The molecule has 0 spiro atoms. The Labute approximate surface area is 132 Å². The summed E-state index contributed by atoms with van der Waals surface area (Å²) in [5.74, 6) is -0.434. The molecule has 5 heteroatoms. The van der Waals surface area contributed by atoms with E-state index in [1.807, 2.05) is 20.8 Å². The molecule has 0 aliphatic heterocycles. The number of ketones is 1. The van der Waals surface area contributed by atoms with Gasteiger partial charge in [0.15, 0.2) is 5.78 Å². The van der Waals surface area contributed by atoms with Crippen molar-refractivity contribution in [2.45, 2.75) is 20.8 Å². The van der Waals surface area contributed by atoms with Crippen LogP contribution in [0.15, 0.2) is 29.1 Å². The van der Waals surface area contributed by atoms with E-state index in [0.717, 1.165) is 0 Å². The van der Waals surface area contributed by atoms with Crippen molar-refractivity contribution >= 4 is 29.3 Å². The smallest absolute Gasteiger partial charge is 0.268 e. The Morgan fingerprint density at radius 1 is 1.27 bits per heavy atom. The van der Waals surface area contributed by atoms with Gasteiger partial charge in [0.25, 0.3) is 5.56 Å². The Balaban J connectivity index is 2.62. The molecule has 0 unspecified atom stereocenters. The third-order valence-corrected chi connectivity index (χ3v) is 4.36. The van der Waals surface area contributed by atoms with Gasteiger partial charge in [-0.15, -0.1) is 11.3 Å². The Hall–Kier alpha value is -2.01. The summed E-state index contributed by atoms with van der Waals surface area (Å²) in [6, 6.07) is 6.27. The quantitative estimate of drug-likeness (QED) is 0.847. The lowest BCUT2D eigenvalue weighted by Gasteiger charge is -2.12. The predicted molar refractivity (Wildman–Crippen MR) is 87.7 cm³/mol. The molecule has 1 aromatic heterocycles. The Morgan fingerprint density at radius 2 is 1.91 bits per heavy atom. The van der Waals surface area contributed by atoms with Crippen LogP contribution >= 0.6 is 11.3 Å². The number of rotatable bonds is 2. The number of carbonyl (C=O) groups excluding carboxylic acids is 1. The normalized spacial score (nSPS) is 13.7. The van der Waals surface area contributed by atoms with Crippen LogP contribution in [0.5, 0.6) is 0 Å². The summed E-state index contributed by atoms with van der Waals surface area (Å²) in [7, 11) is 1.61. The van der Waals surface area contributed by atoms with Gasteiger partial charge in [-0.25, -0.2) is 4.39 Å². The Morgan fingerprint density at radius 3 is 2.50 bits per heavy atom. The van der Waals surface area contributed by atoms with Gasteiger partial charge < -0.3 is 4.57 Å². The summed E-state index contributed by atoms with van der Waals surface area (Å²) >= 11 is 1.19. The number of halogens is 1. The van der Waals surface area contributed by atoms with Crippen molar-refractivity contribution in [2.24, 2.45) is 12.5 Å². The first-order valence-electron chi connectivity index (χ1n) is 6.88. The lowest BCUT2D eigenvalue weighted by atomic mass is 9.91. The maximum Gasteiger partial charge on any atom is 0.268 e. The van der Waals surface area contributed by atoms with E-state index in [1.165, 1.54) is 34.1 Å². The molecule has 0 amide bonds. The molecule has 0 saturated carbocycles. The standard InChI is InChI=1S/C17H18FNO2S/c1-17(2,3)14(20)10-15-19(4)16(21)13(22-15)9-11-7-5-6-8-12(11)18/h5-10H,1-4H3/b13-9+,15-10-. The third-order valence-electron chi connectivity index (χ3n) is 3.25. The first-order valence-corrected chi connectivity index (χ1v) is 7.70. The summed E-state index contributed by atoms with van der Waals surface area (Å²) in [5.41, 5.74) is -0.383. The second-order valence-corrected chi connectivity index (χ2v) is 7.16. The van der Waals surface area contributed by atoms with E-state index in [0.29, 0.717) is 14.8 Å². The number of nitrogens with zero attached hydrogens (tertiary/aromatic N) is 1. The molecule has 0 fully saturated rings. The van der Waals surface area contributed by atoms with Crippen molar-refractivity contribution in [2.75, 3.05) is 0 Å². The monoisotopic (exact) mass is 319 g/mol. The predicted octanol–water partition coefficient (Wildman–Crippen LogP) is 1.81. The number of benzene rings is 1. The van der Waals surface area contributed by atoms with E-state index < -0.39 is 5.41 Å². The van der Waals surface area contributed by atoms with Crippen molar-refractivity contribution in [1.82, 2.24) is 4.57 Å². The highest BCUT2D eigenvalue weighted by molar-refractivity contribution is 7.07. The first kappa shape index (κ1) is 16.4. The van der Waals surface area contributed by atoms with Gasteiger partial charge in [0, 0.05) is 24.1 Å². The van der Waals surface area contributed by atoms with Gasteiger partial charge in [-0.3, -0.25) is 9.59 Å². The van der Waals surface area contributed by atoms with Crippen LogP contribution in [0.1, 0.15) is 26.3 Å². The maximum absolute atomic E-state index is 13.7. The second-order valence-electron chi connectivity index (χ2n) is 6.09. The highest BCUT2D eigenvalue weighted by Gasteiger charge is 2.19. The molecule has 0 aliphatic rings. The lowest BCUT2D eigenvalue weighted by molar-refractivity contribution is -0.120. The van der Waals surface area contributed by atoms with Gasteiger partial charge in [-0.1, -0.05) is 39.0 Å². The largest absolute Gasteiger partial charge is 0.302 e. The van der Waals surface area contributed by atoms with E-state index >= 15 is 0 Å². The van der Waals surface area contributed by atoms with Crippen LogP contribution in [0.25, 0.3) is 12.2 Å². The Bertz CT molecular complexity index is 885. The lowest BCUT2D eigenvalue weighted by Crippen LogP contribution is -2.30. The van der Waals surface area contributed by atoms with Gasteiger partial charge >= 0.3 is 0 Å². The minimum atomic E-state index is -0.505. The average Bonchev–Trinajstić information content (AvgIpc) is 2.69. The number of thiazole rings is 1. The molecule has 1 heterocycles. The van der Waals surface area contributed by atoms with E-state index in [4.69, 9.17) is 0 Å². The van der Waals surface area contributed by atoms with Crippen LogP contribution in [0, 0.1) is 11.2 Å². The number of aromatic nitrogens is 1. The van der Waals surface area contributed by atoms with Gasteiger partial charge in [0.2, 0.25) is 0 Å². The zero-order valence-corrected chi connectivity index (χ0v) is 13.8. The molecule has 0 N–H and O–H groups in total. The zero-order valence-electron chi connectivity index (χ0n) is 13.0. The van der Waals surface area contributed by atoms with Gasteiger partial charge in [0.1, 0.15) is 10.5 Å². The van der Waals surface area contributed by atoms with Crippen molar-refractivity contribution < 1.29 is 9.18 Å². The summed E-state index contributed by atoms with van der Waals surface area (Å²) < 4.78 is 16.1. The summed E-state index contributed by atoms with van der Waals surface area (Å²) in [4.78, 5) is 24.3. The highest BCUT2D eigenvalue weighted by Crippen LogP contribution is 2.14. The van der Waals surface area contributed by atoms with E-state index in [1.54, 1.807) is 25.2 Å². The Kier molecular flexibility index (Phi) is 4.47. The molecule has 116 valence electrons. The fourth-order valence-corrected chi connectivity index (χ4v) is 2.79. The number of Topliss-reactive ketones (excluding diaryl/α,β-unsaturated/α-hetero) is 1. The van der Waals surface area contributed by atoms with Crippen LogP contribution in [0.4, 0.5) is 4.39 Å². The summed E-state index contributed by atoms with van der Waals surface area (Å²) in [5, 5.41) is 0. The highest BCUT2D eigenvalue weighted by atomic mass is 32.1. The molecule has 2 rings (SSSR count). The molecular weight excluding hydrogens is 301 g/mol. The zero-order chi connectivity index (χ0) is 16.5. The minimum absolute atomic E-state index is 0.0539. The molecule has 3 nitrogen and oxygen atoms in total. The van der Waals surface area contributed by atoms with E-state index in [2.05, 4.69) is 0 Å². The van der Waals surface area contributed by atoms with Gasteiger partial charge in [0.05, 0.1) is 4.53 Å². The van der Waals surface area contributed by atoms with E-state index in [9.17, 15) is 14.0 Å². The second kappa shape index (κ2) is 6.01. The number of hydrogen-bond acceptors (Lipinski definition) is 3. The molecular formula is C17H18FNO2S. The number of carbonyl (C=O) groups is 1. The fraction of sp³-hybridized carbons (Fsp3) is 0.294. The van der Waals surface area contributed by atoms with Gasteiger partial charge in [-0.2, -0.15) is 0 Å². The van der Waals surface area contributed by atoms with Crippen LogP contribution in [0.3, 0.4) is 0 Å². The van der Waals surface area contributed by atoms with Crippen LogP contribution in [-0.2, 0) is 11.8 Å². The van der Waals surface area contributed by atoms with Crippen LogP contribution < -0.4 is 14.8 Å². The molecule has 0 bridgehead atoms. The molecule has 0 radical (unpaired) electrons. The molecule has 0 atom stereocenters. The summed E-state index contributed by atoms with van der Waals surface area (Å²) in [6.07, 6.45) is 2.99. The summed E-state index contributed by atoms with van der Waals surface area (Å²) in [6.45, 7) is 5.47. The van der Waals surface area contributed by atoms with Crippen LogP contribution in [-0.4, -0.2) is 10.4 Å². The fourth-order valence-electron chi connectivity index (χ4n) is 1.77. The SMILES string of the molecule is Cn1c(=O)/c(=C\c2ccccc2F)s/c1=C\C(=O)C(C)(C)C. The molecule has 2 aromatic rings. The van der Waals surface area contributed by atoms with E-state index in [-0.39, 0.29) is 17.2 Å². The van der Waals surface area contributed by atoms with Crippen LogP contribution in [0.2, 0.25) is 0 Å². The van der Waals surface area contributed by atoms with Crippen molar-refractivity contribution in [3.8, 4) is 0 Å². The number of hydrogen-bond donors (Lipinski definition) is 0. The molecule has 1 aromatic carbocycles. The molecule has 22 heavy (non-hydrogen) atoms. The van der Waals surface area contributed by atoms with Crippen molar-refractivity contribution in [3.05, 3.63) is 55.2 Å². The third kappa shape index (κ3) is 3.42. The maximum atomic E-state index is 13.7. The molecule has 0 saturated heterocycles. The molecule has 0 aliphatic carbocycles. The van der Waals surface area contributed by atoms with Gasteiger partial charge in [-0.05, 0) is 12.1 Å². The first-order chi connectivity index (χ1) is 10.2. The van der Waals surface area contributed by atoms with Crippen molar-refractivity contribution in [1.29, 1.82) is 0 Å². The minimum Gasteiger partial charge on any atom is -0.302 e. The average molecular weight is 319 g/mol.